The molecule has 0 bridgehead atoms. The molecule has 0 spiro atoms. The number of rotatable bonds is 2. The van der Waals surface area contributed by atoms with Gasteiger partial charge in [-0.25, -0.2) is 0 Å². The van der Waals surface area contributed by atoms with Gasteiger partial charge < -0.3 is 15.3 Å². The highest BCUT2D eigenvalue weighted by Gasteiger charge is 2.39. The van der Waals surface area contributed by atoms with Crippen molar-refractivity contribution in [2.75, 3.05) is 6.54 Å². The van der Waals surface area contributed by atoms with E-state index in [2.05, 4.69) is 0 Å². The van der Waals surface area contributed by atoms with Crippen molar-refractivity contribution in [2.24, 2.45) is 0 Å². The molecule has 0 aromatic heterocycles. The van der Waals surface area contributed by atoms with E-state index in [0.29, 0.717) is 0 Å². The summed E-state index contributed by atoms with van der Waals surface area (Å²) >= 11 is 0. The van der Waals surface area contributed by atoms with Crippen LogP contribution in [0.15, 0.2) is 11.5 Å². The van der Waals surface area contributed by atoms with Crippen LogP contribution in [0.4, 0.5) is 0 Å². The number of hydrogen-bond donors (Lipinski definition) is 3. The zero-order valence-corrected chi connectivity index (χ0v) is 6.22. The molecule has 0 aromatic rings. The summed E-state index contributed by atoms with van der Waals surface area (Å²) < 4.78 is 0. The minimum Gasteiger partial charge on any atom is -0.500 e. The Labute approximate surface area is 71.5 Å². The SMILES string of the molecule is O=C(O)CN1C(=O)C(O)=C(O)C1=O. The normalized spacial score (nSPS) is 17.1. The average Bonchev–Trinajstić information content (AvgIpc) is 2.22. The molecule has 3 N–H and O–H groups in total. The fraction of sp³-hybridized carbons (Fsp3) is 0.167. The van der Waals surface area contributed by atoms with Crippen LogP contribution in [-0.4, -0.2) is 44.5 Å². The first-order valence-corrected chi connectivity index (χ1v) is 3.15. The molecule has 0 atom stereocenters. The number of imide groups is 1. The fourth-order valence-electron chi connectivity index (χ4n) is 0.829. The molecule has 0 fully saturated rings. The first kappa shape index (κ1) is 9.04. The van der Waals surface area contributed by atoms with E-state index in [1.54, 1.807) is 0 Å². The highest BCUT2D eigenvalue weighted by molar-refractivity contribution is 6.17. The van der Waals surface area contributed by atoms with E-state index in [4.69, 9.17) is 15.3 Å². The van der Waals surface area contributed by atoms with Crippen LogP contribution in [0.2, 0.25) is 0 Å². The summed E-state index contributed by atoms with van der Waals surface area (Å²) in [6.07, 6.45) is 0. The van der Waals surface area contributed by atoms with Crippen LogP contribution in [0, 0.1) is 0 Å². The summed E-state index contributed by atoms with van der Waals surface area (Å²) in [5.41, 5.74) is 0. The summed E-state index contributed by atoms with van der Waals surface area (Å²) in [7, 11) is 0. The highest BCUT2D eigenvalue weighted by atomic mass is 16.4. The smallest absolute Gasteiger partial charge is 0.323 e. The second-order valence-corrected chi connectivity index (χ2v) is 2.29. The lowest BCUT2D eigenvalue weighted by atomic mass is 10.4. The van der Waals surface area contributed by atoms with Crippen molar-refractivity contribution < 1.29 is 29.7 Å². The first-order chi connectivity index (χ1) is 5.95. The van der Waals surface area contributed by atoms with Gasteiger partial charge in [-0.2, -0.15) is 0 Å². The number of carbonyl (C=O) groups is 3. The lowest BCUT2D eigenvalue weighted by molar-refractivity contribution is -0.149. The summed E-state index contributed by atoms with van der Waals surface area (Å²) in [6.45, 7) is -0.883. The molecule has 0 unspecified atom stereocenters. The minimum absolute atomic E-state index is 0.229. The second-order valence-electron chi connectivity index (χ2n) is 2.29. The van der Waals surface area contributed by atoms with E-state index in [1.807, 2.05) is 0 Å². The van der Waals surface area contributed by atoms with Gasteiger partial charge >= 0.3 is 5.97 Å². The van der Waals surface area contributed by atoms with Crippen LogP contribution < -0.4 is 0 Å². The maximum absolute atomic E-state index is 10.8. The maximum atomic E-state index is 10.8. The predicted octanol–water partition coefficient (Wildman–Crippen LogP) is -1.23. The molecule has 0 aromatic carbocycles. The molecule has 7 heteroatoms. The largest absolute Gasteiger partial charge is 0.500 e. The van der Waals surface area contributed by atoms with Crippen molar-refractivity contribution in [3.05, 3.63) is 11.5 Å². The number of aliphatic carboxylic acids is 1. The minimum atomic E-state index is -1.41. The molecule has 2 amide bonds. The highest BCUT2D eigenvalue weighted by Crippen LogP contribution is 2.15. The van der Waals surface area contributed by atoms with Gasteiger partial charge in [0.1, 0.15) is 6.54 Å². The Kier molecular flexibility index (Phi) is 1.93. The van der Waals surface area contributed by atoms with Gasteiger partial charge in [-0.3, -0.25) is 19.3 Å². The molecule has 1 rings (SSSR count). The van der Waals surface area contributed by atoms with Crippen molar-refractivity contribution in [3.8, 4) is 0 Å². The van der Waals surface area contributed by atoms with Crippen LogP contribution in [0.5, 0.6) is 0 Å². The zero-order valence-electron chi connectivity index (χ0n) is 6.22. The van der Waals surface area contributed by atoms with Crippen molar-refractivity contribution in [1.29, 1.82) is 0 Å². The molecule has 1 aliphatic heterocycles. The maximum Gasteiger partial charge on any atom is 0.323 e. The molecule has 1 aliphatic rings. The van der Waals surface area contributed by atoms with Crippen molar-refractivity contribution in [1.82, 2.24) is 4.90 Å². The van der Waals surface area contributed by atoms with Gasteiger partial charge in [-0.1, -0.05) is 0 Å². The zero-order chi connectivity index (χ0) is 10.2. The van der Waals surface area contributed by atoms with Gasteiger partial charge in [0, 0.05) is 0 Å². The molecular formula is C6H5NO6. The standard InChI is InChI=1S/C6H5NO6/c8-2(9)1-7-5(12)3(10)4(11)6(7)13/h10-11H,1H2,(H,8,9). The van der Waals surface area contributed by atoms with Crippen LogP contribution in [0.25, 0.3) is 0 Å². The van der Waals surface area contributed by atoms with Crippen molar-refractivity contribution >= 4 is 17.8 Å². The molecular weight excluding hydrogens is 182 g/mol. The van der Waals surface area contributed by atoms with E-state index in [0.717, 1.165) is 0 Å². The van der Waals surface area contributed by atoms with E-state index < -0.39 is 35.8 Å². The Morgan fingerprint density at radius 3 is 1.85 bits per heavy atom. The molecule has 7 nitrogen and oxygen atoms in total. The van der Waals surface area contributed by atoms with Gasteiger partial charge in [0.05, 0.1) is 0 Å². The molecule has 1 heterocycles. The summed E-state index contributed by atoms with van der Waals surface area (Å²) in [5.74, 6) is -6.06. The molecule has 0 radical (unpaired) electrons. The van der Waals surface area contributed by atoms with Crippen LogP contribution in [0.3, 0.4) is 0 Å². The Morgan fingerprint density at radius 1 is 1.15 bits per heavy atom. The lowest BCUT2D eigenvalue weighted by Crippen LogP contribution is -2.36. The van der Waals surface area contributed by atoms with Crippen LogP contribution >= 0.6 is 0 Å². The van der Waals surface area contributed by atoms with Crippen LogP contribution in [-0.2, 0) is 14.4 Å². The molecule has 0 aliphatic carbocycles. The summed E-state index contributed by atoms with van der Waals surface area (Å²) in [6, 6.07) is 0. The molecule has 13 heavy (non-hydrogen) atoms. The number of nitrogens with zero attached hydrogens (tertiary/aromatic N) is 1. The number of aliphatic hydroxyl groups is 2. The van der Waals surface area contributed by atoms with Gasteiger partial charge in [0.15, 0.2) is 0 Å². The third-order valence-corrected chi connectivity index (χ3v) is 1.41. The fourth-order valence-corrected chi connectivity index (χ4v) is 0.829. The second kappa shape index (κ2) is 2.77. The number of aliphatic hydroxyl groups excluding tert-OH is 2. The Morgan fingerprint density at radius 2 is 1.54 bits per heavy atom. The summed E-state index contributed by atoms with van der Waals surface area (Å²) in [5, 5.41) is 25.7. The predicted molar refractivity (Wildman–Crippen MR) is 36.6 cm³/mol. The first-order valence-electron chi connectivity index (χ1n) is 3.15. The van der Waals surface area contributed by atoms with Crippen molar-refractivity contribution in [3.63, 3.8) is 0 Å². The van der Waals surface area contributed by atoms with Gasteiger partial charge in [-0.05, 0) is 0 Å². The van der Waals surface area contributed by atoms with E-state index in [-0.39, 0.29) is 4.90 Å². The van der Waals surface area contributed by atoms with Gasteiger partial charge in [0.25, 0.3) is 11.8 Å². The van der Waals surface area contributed by atoms with Gasteiger partial charge in [-0.15, -0.1) is 0 Å². The van der Waals surface area contributed by atoms with E-state index in [9.17, 15) is 14.4 Å². The van der Waals surface area contributed by atoms with Gasteiger partial charge in [0.2, 0.25) is 11.5 Å². The quantitative estimate of drug-likeness (QED) is 0.466. The number of carbonyl (C=O) groups excluding carboxylic acids is 2. The number of amides is 2. The third kappa shape index (κ3) is 1.31. The van der Waals surface area contributed by atoms with Crippen molar-refractivity contribution in [2.45, 2.75) is 0 Å². The molecule has 0 saturated carbocycles. The molecule has 70 valence electrons. The monoisotopic (exact) mass is 187 g/mol. The number of hydrogen-bond acceptors (Lipinski definition) is 5. The van der Waals surface area contributed by atoms with E-state index in [1.165, 1.54) is 0 Å². The Balaban J connectivity index is 2.91. The van der Waals surface area contributed by atoms with Crippen LogP contribution in [0.1, 0.15) is 0 Å². The Bertz CT molecular complexity index is 306. The Hall–Kier alpha value is -2.05. The lowest BCUT2D eigenvalue weighted by Gasteiger charge is -2.08. The molecule has 0 saturated heterocycles. The topological polar surface area (TPSA) is 115 Å². The number of carboxylic acid groups (broad SMARTS) is 1. The van der Waals surface area contributed by atoms with E-state index >= 15 is 0 Å². The third-order valence-electron chi connectivity index (χ3n) is 1.41. The number of carboxylic acids is 1. The summed E-state index contributed by atoms with van der Waals surface area (Å²) in [4.78, 5) is 32.0. The average molecular weight is 187 g/mol.